The third kappa shape index (κ3) is 2.89. The van der Waals surface area contributed by atoms with E-state index in [-0.39, 0.29) is 11.1 Å². The predicted octanol–water partition coefficient (Wildman–Crippen LogP) is 2.48. The van der Waals surface area contributed by atoms with Crippen molar-refractivity contribution >= 4 is 17.5 Å². The van der Waals surface area contributed by atoms with Crippen molar-refractivity contribution in [2.45, 2.75) is 6.54 Å². The van der Waals surface area contributed by atoms with Crippen LogP contribution in [0.3, 0.4) is 0 Å². The van der Waals surface area contributed by atoms with Crippen molar-refractivity contribution in [3.63, 3.8) is 0 Å². The lowest BCUT2D eigenvalue weighted by molar-refractivity contribution is 0.0590. The molecule has 0 saturated carbocycles. The molecule has 2 aromatic heterocycles. The van der Waals surface area contributed by atoms with E-state index in [1.54, 1.807) is 23.3 Å². The summed E-state index contributed by atoms with van der Waals surface area (Å²) in [6, 6.07) is 7.04. The average Bonchev–Trinajstić information content (AvgIpc) is 3.10. The van der Waals surface area contributed by atoms with Crippen LogP contribution in [0.1, 0.15) is 16.3 Å². The van der Waals surface area contributed by atoms with Crippen molar-refractivity contribution in [1.82, 2.24) is 9.80 Å². The van der Waals surface area contributed by atoms with Gasteiger partial charge in [0.1, 0.15) is 5.76 Å². The number of nitrogens with zero attached hydrogens (tertiary/aromatic N) is 2. The van der Waals surface area contributed by atoms with Crippen LogP contribution < -0.4 is 0 Å². The Morgan fingerprint density at radius 3 is 2.60 bits per heavy atom. The van der Waals surface area contributed by atoms with Gasteiger partial charge < -0.3 is 13.7 Å². The fourth-order valence-corrected chi connectivity index (χ4v) is 2.46. The number of hydrogen-bond donors (Lipinski definition) is 0. The number of amides is 1. The molecule has 5 nitrogen and oxygen atoms in total. The minimum absolute atomic E-state index is 0.102. The zero-order chi connectivity index (χ0) is 13.9. The van der Waals surface area contributed by atoms with Gasteiger partial charge in [-0.15, -0.1) is 0 Å². The summed E-state index contributed by atoms with van der Waals surface area (Å²) >= 11 is 5.69. The Balaban J connectivity index is 1.54. The van der Waals surface area contributed by atoms with Gasteiger partial charge in [-0.25, -0.2) is 0 Å². The number of carbonyl (C=O) groups is 1. The third-order valence-corrected chi connectivity index (χ3v) is 3.61. The molecule has 20 heavy (non-hydrogen) atoms. The van der Waals surface area contributed by atoms with Gasteiger partial charge in [-0.3, -0.25) is 9.69 Å². The molecule has 0 aromatic carbocycles. The molecule has 1 aliphatic rings. The Labute approximate surface area is 121 Å². The number of rotatable bonds is 3. The molecule has 1 aliphatic heterocycles. The average molecular weight is 295 g/mol. The number of hydrogen-bond acceptors (Lipinski definition) is 4. The molecule has 0 spiro atoms. The van der Waals surface area contributed by atoms with Crippen molar-refractivity contribution in [1.29, 1.82) is 0 Å². The zero-order valence-electron chi connectivity index (χ0n) is 10.9. The number of halogens is 1. The van der Waals surface area contributed by atoms with E-state index in [1.807, 2.05) is 12.1 Å². The van der Waals surface area contributed by atoms with E-state index < -0.39 is 0 Å². The summed E-state index contributed by atoms with van der Waals surface area (Å²) < 4.78 is 10.5. The lowest BCUT2D eigenvalue weighted by atomic mass is 10.2. The summed E-state index contributed by atoms with van der Waals surface area (Å²) in [6.45, 7) is 3.78. The first kappa shape index (κ1) is 13.3. The van der Waals surface area contributed by atoms with Crippen LogP contribution in [-0.4, -0.2) is 41.9 Å². The normalized spacial score (nSPS) is 16.6. The first-order chi connectivity index (χ1) is 9.72. The monoisotopic (exact) mass is 294 g/mol. The van der Waals surface area contributed by atoms with Crippen molar-refractivity contribution < 1.29 is 13.6 Å². The molecule has 3 heterocycles. The lowest BCUT2D eigenvalue weighted by Crippen LogP contribution is -2.48. The Hall–Kier alpha value is -1.72. The molecule has 0 unspecified atom stereocenters. The van der Waals surface area contributed by atoms with Gasteiger partial charge in [0.15, 0.2) is 11.0 Å². The quantitative estimate of drug-likeness (QED) is 0.873. The van der Waals surface area contributed by atoms with Crippen LogP contribution in [0, 0.1) is 0 Å². The molecule has 0 aliphatic carbocycles. The van der Waals surface area contributed by atoms with Crippen LogP contribution in [0.25, 0.3) is 0 Å². The zero-order valence-corrected chi connectivity index (χ0v) is 11.7. The van der Waals surface area contributed by atoms with E-state index in [2.05, 4.69) is 4.90 Å². The molecule has 1 amide bonds. The predicted molar refractivity (Wildman–Crippen MR) is 73.6 cm³/mol. The summed E-state index contributed by atoms with van der Waals surface area (Å²) in [7, 11) is 0. The standard InChI is InChI=1S/C14H15ClN2O3/c15-13-4-3-12(20-13)14(18)17-7-5-16(6-8-17)10-11-2-1-9-19-11/h1-4,9H,5-8,10H2. The first-order valence-corrected chi connectivity index (χ1v) is 6.89. The second-order valence-corrected chi connectivity index (χ2v) is 5.12. The summed E-state index contributed by atoms with van der Waals surface area (Å²) in [5.41, 5.74) is 0. The van der Waals surface area contributed by atoms with Gasteiger partial charge in [0.05, 0.1) is 12.8 Å². The van der Waals surface area contributed by atoms with E-state index in [9.17, 15) is 4.79 Å². The van der Waals surface area contributed by atoms with Crippen LogP contribution in [0.5, 0.6) is 0 Å². The molecule has 3 rings (SSSR count). The first-order valence-electron chi connectivity index (χ1n) is 6.52. The van der Waals surface area contributed by atoms with Crippen molar-refractivity contribution in [3.05, 3.63) is 47.3 Å². The maximum Gasteiger partial charge on any atom is 0.289 e. The maximum atomic E-state index is 12.2. The maximum absolute atomic E-state index is 12.2. The fourth-order valence-electron chi connectivity index (χ4n) is 2.32. The van der Waals surface area contributed by atoms with E-state index in [0.29, 0.717) is 18.8 Å². The van der Waals surface area contributed by atoms with Crippen molar-refractivity contribution in [2.75, 3.05) is 26.2 Å². The van der Waals surface area contributed by atoms with Gasteiger partial charge in [-0.05, 0) is 35.9 Å². The third-order valence-electron chi connectivity index (χ3n) is 3.40. The Morgan fingerprint density at radius 2 is 2.00 bits per heavy atom. The number of piperazine rings is 1. The van der Waals surface area contributed by atoms with Crippen LogP contribution in [0.15, 0.2) is 39.4 Å². The molecule has 0 radical (unpaired) electrons. The molecule has 1 fully saturated rings. The lowest BCUT2D eigenvalue weighted by Gasteiger charge is -2.33. The van der Waals surface area contributed by atoms with Gasteiger partial charge in [0.25, 0.3) is 5.91 Å². The van der Waals surface area contributed by atoms with Crippen LogP contribution in [0.2, 0.25) is 5.22 Å². The minimum atomic E-state index is -0.102. The van der Waals surface area contributed by atoms with Gasteiger partial charge in [0, 0.05) is 26.2 Å². The fraction of sp³-hybridized carbons (Fsp3) is 0.357. The summed E-state index contributed by atoms with van der Waals surface area (Å²) in [4.78, 5) is 16.2. The Bertz CT molecular complexity index is 571. The van der Waals surface area contributed by atoms with Gasteiger partial charge in [0.2, 0.25) is 0 Å². The molecule has 6 heteroatoms. The Kier molecular flexibility index (Phi) is 3.80. The molecule has 1 saturated heterocycles. The highest BCUT2D eigenvalue weighted by Crippen LogP contribution is 2.16. The van der Waals surface area contributed by atoms with Gasteiger partial charge >= 0.3 is 0 Å². The molecule has 0 N–H and O–H groups in total. The second-order valence-electron chi connectivity index (χ2n) is 4.75. The topological polar surface area (TPSA) is 49.8 Å². The number of furan rings is 2. The summed E-state index contributed by atoms with van der Waals surface area (Å²) in [6.07, 6.45) is 1.68. The molecule has 0 atom stereocenters. The highest BCUT2D eigenvalue weighted by Gasteiger charge is 2.24. The summed E-state index contributed by atoms with van der Waals surface area (Å²) in [5, 5.41) is 0.241. The largest absolute Gasteiger partial charge is 0.468 e. The van der Waals surface area contributed by atoms with Crippen molar-refractivity contribution in [3.8, 4) is 0 Å². The number of carbonyl (C=O) groups excluding carboxylic acids is 1. The molecule has 0 bridgehead atoms. The van der Waals surface area contributed by atoms with E-state index in [0.717, 1.165) is 25.4 Å². The highest BCUT2D eigenvalue weighted by atomic mass is 35.5. The Morgan fingerprint density at radius 1 is 1.20 bits per heavy atom. The van der Waals surface area contributed by atoms with E-state index >= 15 is 0 Å². The van der Waals surface area contributed by atoms with E-state index in [1.165, 1.54) is 0 Å². The van der Waals surface area contributed by atoms with Crippen molar-refractivity contribution in [2.24, 2.45) is 0 Å². The molecule has 106 valence electrons. The smallest absolute Gasteiger partial charge is 0.289 e. The second kappa shape index (κ2) is 5.73. The highest BCUT2D eigenvalue weighted by molar-refractivity contribution is 6.29. The van der Waals surface area contributed by atoms with Crippen LogP contribution in [0.4, 0.5) is 0 Å². The molecular weight excluding hydrogens is 280 g/mol. The van der Waals surface area contributed by atoms with Gasteiger partial charge in [-0.1, -0.05) is 0 Å². The summed E-state index contributed by atoms with van der Waals surface area (Å²) in [5.74, 6) is 1.15. The molecular formula is C14H15ClN2O3. The minimum Gasteiger partial charge on any atom is -0.468 e. The van der Waals surface area contributed by atoms with E-state index in [4.69, 9.17) is 20.4 Å². The van der Waals surface area contributed by atoms with Gasteiger partial charge in [-0.2, -0.15) is 0 Å². The molecule has 2 aromatic rings. The van der Waals surface area contributed by atoms with Crippen LogP contribution in [-0.2, 0) is 6.54 Å². The SMILES string of the molecule is O=C(c1ccc(Cl)o1)N1CCN(Cc2ccco2)CC1. The van der Waals surface area contributed by atoms with Crippen LogP contribution >= 0.6 is 11.6 Å².